The number of carbonyl (C=O) groups excluding carboxylic acids is 1. The summed E-state index contributed by atoms with van der Waals surface area (Å²) in [6.45, 7) is 4.62. The van der Waals surface area contributed by atoms with Gasteiger partial charge in [-0.05, 0) is 31.5 Å². The van der Waals surface area contributed by atoms with Crippen molar-refractivity contribution in [3.8, 4) is 5.75 Å². The maximum Gasteiger partial charge on any atom is 0.272 e. The van der Waals surface area contributed by atoms with Gasteiger partial charge in [-0.3, -0.25) is 9.48 Å². The third kappa shape index (κ3) is 3.88. The molecule has 0 atom stereocenters. The van der Waals surface area contributed by atoms with Crippen molar-refractivity contribution in [3.63, 3.8) is 0 Å². The van der Waals surface area contributed by atoms with Crippen molar-refractivity contribution in [1.29, 1.82) is 0 Å². The van der Waals surface area contributed by atoms with Gasteiger partial charge in [0.15, 0.2) is 6.73 Å². The lowest BCUT2D eigenvalue weighted by Gasteiger charge is -2.08. The van der Waals surface area contributed by atoms with Crippen LogP contribution >= 0.6 is 0 Å². The zero-order valence-electron chi connectivity index (χ0n) is 14.6. The molecule has 2 aromatic heterocycles. The van der Waals surface area contributed by atoms with Crippen molar-refractivity contribution in [1.82, 2.24) is 24.9 Å². The van der Waals surface area contributed by atoms with Gasteiger partial charge in [-0.25, -0.2) is 4.68 Å². The molecule has 130 valence electrons. The first-order valence-electron chi connectivity index (χ1n) is 8.02. The average Bonchev–Trinajstić information content (AvgIpc) is 3.20. The van der Waals surface area contributed by atoms with Crippen LogP contribution in [0.2, 0.25) is 0 Å². The molecule has 3 rings (SSSR count). The Labute approximate surface area is 146 Å². The molecule has 0 saturated heterocycles. The second-order valence-corrected chi connectivity index (χ2v) is 5.84. The number of para-hydroxylation sites is 1. The summed E-state index contributed by atoms with van der Waals surface area (Å²) in [5, 5.41) is 11.3. The van der Waals surface area contributed by atoms with Crippen molar-refractivity contribution in [3.05, 3.63) is 65.2 Å². The summed E-state index contributed by atoms with van der Waals surface area (Å²) in [6, 6.07) is 9.44. The summed E-state index contributed by atoms with van der Waals surface area (Å²) in [7, 11) is 1.87. The third-order valence-electron chi connectivity index (χ3n) is 4.10. The van der Waals surface area contributed by atoms with Crippen LogP contribution in [0.4, 0.5) is 0 Å². The second-order valence-electron chi connectivity index (χ2n) is 5.84. The molecule has 0 aliphatic heterocycles. The quantitative estimate of drug-likeness (QED) is 0.747. The van der Waals surface area contributed by atoms with E-state index in [0.29, 0.717) is 12.2 Å². The maximum atomic E-state index is 12.2. The first-order chi connectivity index (χ1) is 12.0. The lowest BCUT2D eigenvalue weighted by molar-refractivity contribution is 0.0943. The number of aryl methyl sites for hydroxylation is 2. The molecule has 2 heterocycles. The summed E-state index contributed by atoms with van der Waals surface area (Å²) in [5.41, 5.74) is 3.42. The van der Waals surface area contributed by atoms with Crippen LogP contribution in [0.1, 0.15) is 27.3 Å². The van der Waals surface area contributed by atoms with Gasteiger partial charge in [0.05, 0.1) is 6.20 Å². The summed E-state index contributed by atoms with van der Waals surface area (Å²) < 4.78 is 9.09. The van der Waals surface area contributed by atoms with Crippen LogP contribution in [0.5, 0.6) is 5.75 Å². The van der Waals surface area contributed by atoms with Crippen LogP contribution in [-0.4, -0.2) is 25.5 Å². The molecule has 0 spiro atoms. The van der Waals surface area contributed by atoms with Gasteiger partial charge < -0.3 is 10.1 Å². The first-order valence-corrected chi connectivity index (χ1v) is 8.02. The predicted molar refractivity (Wildman–Crippen MR) is 93.1 cm³/mol. The number of benzene rings is 1. The molecule has 3 aromatic rings. The van der Waals surface area contributed by atoms with E-state index in [1.807, 2.05) is 45.2 Å². The van der Waals surface area contributed by atoms with Crippen LogP contribution in [-0.2, 0) is 20.3 Å². The highest BCUT2D eigenvalue weighted by atomic mass is 16.5. The normalized spacial score (nSPS) is 10.7. The van der Waals surface area contributed by atoms with Crippen LogP contribution < -0.4 is 10.1 Å². The smallest absolute Gasteiger partial charge is 0.272 e. The number of hydrogen-bond donors (Lipinski definition) is 1. The lowest BCUT2D eigenvalue weighted by Crippen LogP contribution is -2.24. The SMILES string of the molecule is Cc1ccccc1OCn1ccc(C(=O)NCc2cnn(C)c2C)n1. The topological polar surface area (TPSA) is 74.0 Å². The van der Waals surface area contributed by atoms with E-state index in [0.717, 1.165) is 22.6 Å². The Morgan fingerprint density at radius 1 is 1.24 bits per heavy atom. The highest BCUT2D eigenvalue weighted by Crippen LogP contribution is 2.16. The molecule has 0 aliphatic carbocycles. The molecule has 0 fully saturated rings. The van der Waals surface area contributed by atoms with Gasteiger partial charge >= 0.3 is 0 Å². The van der Waals surface area contributed by atoms with Crippen molar-refractivity contribution in [2.24, 2.45) is 7.05 Å². The molecule has 0 bridgehead atoms. The Bertz CT molecular complexity index is 881. The Morgan fingerprint density at radius 3 is 2.76 bits per heavy atom. The average molecular weight is 339 g/mol. The van der Waals surface area contributed by atoms with E-state index < -0.39 is 0 Å². The van der Waals surface area contributed by atoms with Crippen molar-refractivity contribution < 1.29 is 9.53 Å². The summed E-state index contributed by atoms with van der Waals surface area (Å²) in [6.07, 6.45) is 3.48. The minimum atomic E-state index is -0.224. The van der Waals surface area contributed by atoms with Crippen molar-refractivity contribution in [2.75, 3.05) is 0 Å². The minimum absolute atomic E-state index is 0.224. The molecule has 1 amide bonds. The van der Waals surface area contributed by atoms with Crippen molar-refractivity contribution >= 4 is 5.91 Å². The minimum Gasteiger partial charge on any atom is -0.471 e. The number of ether oxygens (including phenoxy) is 1. The molecule has 25 heavy (non-hydrogen) atoms. The molecule has 7 nitrogen and oxygen atoms in total. The van der Waals surface area contributed by atoms with Gasteiger partial charge in [-0.2, -0.15) is 10.2 Å². The van der Waals surface area contributed by atoms with E-state index in [9.17, 15) is 4.79 Å². The number of carbonyl (C=O) groups is 1. The zero-order valence-corrected chi connectivity index (χ0v) is 14.6. The number of nitrogens with zero attached hydrogens (tertiary/aromatic N) is 4. The number of aromatic nitrogens is 4. The molecule has 0 aliphatic rings. The van der Waals surface area contributed by atoms with E-state index in [-0.39, 0.29) is 12.6 Å². The number of rotatable bonds is 6. The molecule has 0 saturated carbocycles. The van der Waals surface area contributed by atoms with Gasteiger partial charge in [0, 0.05) is 31.0 Å². The van der Waals surface area contributed by atoms with Gasteiger partial charge in [0.1, 0.15) is 11.4 Å². The number of hydrogen-bond acceptors (Lipinski definition) is 4. The fraction of sp³-hybridized carbons (Fsp3) is 0.278. The molecule has 0 radical (unpaired) electrons. The van der Waals surface area contributed by atoms with Gasteiger partial charge in [-0.15, -0.1) is 0 Å². The second kappa shape index (κ2) is 7.21. The largest absolute Gasteiger partial charge is 0.471 e. The Kier molecular flexibility index (Phi) is 4.83. The Hall–Kier alpha value is -3.09. The highest BCUT2D eigenvalue weighted by Gasteiger charge is 2.11. The summed E-state index contributed by atoms with van der Waals surface area (Å²) in [5.74, 6) is 0.578. The number of nitrogens with one attached hydrogen (secondary N) is 1. The predicted octanol–water partition coefficient (Wildman–Crippen LogP) is 2.20. The molecule has 7 heteroatoms. The fourth-order valence-corrected chi connectivity index (χ4v) is 2.39. The summed E-state index contributed by atoms with van der Waals surface area (Å²) in [4.78, 5) is 12.2. The first kappa shape index (κ1) is 16.8. The van der Waals surface area contributed by atoms with Gasteiger partial charge in [0.25, 0.3) is 5.91 Å². The molecular formula is C18H21N5O2. The Morgan fingerprint density at radius 2 is 2.04 bits per heavy atom. The van der Waals surface area contributed by atoms with E-state index in [2.05, 4.69) is 15.5 Å². The third-order valence-corrected chi connectivity index (χ3v) is 4.10. The van der Waals surface area contributed by atoms with Crippen LogP contribution in [0.15, 0.2) is 42.7 Å². The van der Waals surface area contributed by atoms with Crippen LogP contribution in [0, 0.1) is 13.8 Å². The molecule has 0 unspecified atom stereocenters. The maximum absolute atomic E-state index is 12.2. The summed E-state index contributed by atoms with van der Waals surface area (Å²) >= 11 is 0. The van der Waals surface area contributed by atoms with Crippen LogP contribution in [0.3, 0.4) is 0 Å². The lowest BCUT2D eigenvalue weighted by atomic mass is 10.2. The van der Waals surface area contributed by atoms with Crippen molar-refractivity contribution in [2.45, 2.75) is 27.1 Å². The zero-order chi connectivity index (χ0) is 17.8. The van der Waals surface area contributed by atoms with Crippen LogP contribution in [0.25, 0.3) is 0 Å². The van der Waals surface area contributed by atoms with Gasteiger partial charge in [-0.1, -0.05) is 18.2 Å². The standard InChI is InChI=1S/C18H21N5O2/c1-13-6-4-5-7-17(13)25-12-23-9-8-16(21-23)18(24)19-10-15-11-20-22(3)14(15)2/h4-9,11H,10,12H2,1-3H3,(H,19,24). The highest BCUT2D eigenvalue weighted by molar-refractivity contribution is 5.92. The van der Waals surface area contributed by atoms with E-state index in [1.165, 1.54) is 0 Å². The Balaban J connectivity index is 1.56. The monoisotopic (exact) mass is 339 g/mol. The van der Waals surface area contributed by atoms with E-state index in [1.54, 1.807) is 27.8 Å². The molecule has 1 N–H and O–H groups in total. The number of amides is 1. The van der Waals surface area contributed by atoms with Gasteiger partial charge in [0.2, 0.25) is 0 Å². The molecule has 1 aromatic carbocycles. The fourth-order valence-electron chi connectivity index (χ4n) is 2.39. The molecular weight excluding hydrogens is 318 g/mol. The van der Waals surface area contributed by atoms with E-state index >= 15 is 0 Å². The van der Waals surface area contributed by atoms with E-state index in [4.69, 9.17) is 4.74 Å².